The summed E-state index contributed by atoms with van der Waals surface area (Å²) in [5.74, 6) is -0.0129. The van der Waals surface area contributed by atoms with Gasteiger partial charge in [0.05, 0.1) is 11.1 Å². The van der Waals surface area contributed by atoms with E-state index in [0.29, 0.717) is 12.5 Å². The minimum atomic E-state index is -0.531. The lowest BCUT2D eigenvalue weighted by molar-refractivity contribution is -0.384. The average Bonchev–Trinajstić information content (AvgIpc) is 2.89. The predicted molar refractivity (Wildman–Crippen MR) is 77.0 cm³/mol. The zero-order chi connectivity index (χ0) is 13.8. The van der Waals surface area contributed by atoms with Crippen molar-refractivity contribution >= 4 is 24.0 Å². The van der Waals surface area contributed by atoms with Crippen LogP contribution in [-0.2, 0) is 0 Å². The van der Waals surface area contributed by atoms with Crippen LogP contribution < -0.4 is 11.1 Å². The van der Waals surface area contributed by atoms with Gasteiger partial charge in [-0.25, -0.2) is 0 Å². The quantitative estimate of drug-likeness (QED) is 0.578. The predicted octanol–water partition coefficient (Wildman–Crippen LogP) is 1.59. The van der Waals surface area contributed by atoms with Crippen molar-refractivity contribution in [3.8, 4) is 0 Å². The third-order valence-electron chi connectivity index (χ3n) is 3.65. The lowest BCUT2D eigenvalue weighted by atomic mass is 9.84. The topological polar surface area (TPSA) is 114 Å². The van der Waals surface area contributed by atoms with E-state index in [2.05, 4.69) is 10.3 Å². The molecule has 0 saturated heterocycles. The highest BCUT2D eigenvalue weighted by Gasteiger charge is 2.26. The van der Waals surface area contributed by atoms with Crippen LogP contribution in [0.15, 0.2) is 12.3 Å². The van der Waals surface area contributed by atoms with Crippen molar-refractivity contribution in [3.63, 3.8) is 0 Å². The minimum absolute atomic E-state index is 0. The monoisotopic (exact) mass is 302 g/mol. The van der Waals surface area contributed by atoms with E-state index in [9.17, 15) is 14.9 Å². The Morgan fingerprint density at radius 3 is 2.80 bits per heavy atom. The van der Waals surface area contributed by atoms with Crippen molar-refractivity contribution in [1.29, 1.82) is 0 Å². The highest BCUT2D eigenvalue weighted by molar-refractivity contribution is 5.93. The van der Waals surface area contributed by atoms with Gasteiger partial charge in [-0.1, -0.05) is 12.8 Å². The molecule has 0 aromatic carbocycles. The molecule has 2 atom stereocenters. The third kappa shape index (κ3) is 3.71. The summed E-state index contributed by atoms with van der Waals surface area (Å²) in [7, 11) is 0. The molecule has 20 heavy (non-hydrogen) atoms. The van der Waals surface area contributed by atoms with Gasteiger partial charge in [0.25, 0.3) is 11.6 Å². The zero-order valence-corrected chi connectivity index (χ0v) is 11.8. The molecule has 8 heteroatoms. The Morgan fingerprint density at radius 2 is 2.20 bits per heavy atom. The van der Waals surface area contributed by atoms with Gasteiger partial charge >= 0.3 is 0 Å². The molecule has 1 aromatic heterocycles. The van der Waals surface area contributed by atoms with Crippen LogP contribution in [0.2, 0.25) is 0 Å². The first-order valence-corrected chi connectivity index (χ1v) is 6.45. The van der Waals surface area contributed by atoms with Crippen LogP contribution in [0.4, 0.5) is 5.69 Å². The number of hydrogen-bond donors (Lipinski definition) is 3. The van der Waals surface area contributed by atoms with Crippen LogP contribution in [0, 0.1) is 16.0 Å². The molecule has 2 rings (SSSR count). The van der Waals surface area contributed by atoms with Gasteiger partial charge < -0.3 is 16.0 Å². The molecule has 1 amide bonds. The number of aromatic amines is 1. The van der Waals surface area contributed by atoms with Crippen molar-refractivity contribution in [2.75, 3.05) is 6.54 Å². The van der Waals surface area contributed by atoms with Gasteiger partial charge in [0.1, 0.15) is 5.69 Å². The maximum atomic E-state index is 12.0. The molecule has 2 unspecified atom stereocenters. The Morgan fingerprint density at radius 1 is 1.50 bits per heavy atom. The van der Waals surface area contributed by atoms with E-state index in [1.807, 2.05) is 0 Å². The molecule has 0 bridgehead atoms. The standard InChI is InChI=1S/C12H18N4O3.ClH/c13-6-8-3-1-2-4-10(8)15-12(17)11-5-9(7-14-11)16(18)19;/h5,7-8,10,14H,1-4,6,13H2,(H,15,17);1H. The lowest BCUT2D eigenvalue weighted by Gasteiger charge is -2.31. The molecule has 0 aliphatic heterocycles. The van der Waals surface area contributed by atoms with Gasteiger partial charge in [-0.3, -0.25) is 14.9 Å². The SMILES string of the molecule is Cl.NCC1CCCCC1NC(=O)c1cc([N+](=O)[O-])c[nH]1. The van der Waals surface area contributed by atoms with Gasteiger partial charge in [-0.15, -0.1) is 12.4 Å². The molecule has 1 fully saturated rings. The summed E-state index contributed by atoms with van der Waals surface area (Å²) < 4.78 is 0. The number of carbonyl (C=O) groups is 1. The number of H-pyrrole nitrogens is 1. The Labute approximate surface area is 122 Å². The Bertz CT molecular complexity index is 477. The van der Waals surface area contributed by atoms with Crippen molar-refractivity contribution in [2.24, 2.45) is 11.7 Å². The van der Waals surface area contributed by atoms with E-state index in [1.54, 1.807) is 0 Å². The molecule has 112 valence electrons. The van der Waals surface area contributed by atoms with E-state index < -0.39 is 4.92 Å². The summed E-state index contributed by atoms with van der Waals surface area (Å²) in [6.07, 6.45) is 5.37. The molecule has 7 nitrogen and oxygen atoms in total. The van der Waals surface area contributed by atoms with Gasteiger partial charge in [0.2, 0.25) is 0 Å². The minimum Gasteiger partial charge on any atom is -0.351 e. The Kier molecular flexibility index (Phi) is 5.97. The summed E-state index contributed by atoms with van der Waals surface area (Å²) in [4.78, 5) is 24.7. The second-order valence-electron chi connectivity index (χ2n) is 4.89. The van der Waals surface area contributed by atoms with Crippen LogP contribution in [0.1, 0.15) is 36.2 Å². The molecule has 1 aromatic rings. The largest absolute Gasteiger partial charge is 0.351 e. The smallest absolute Gasteiger partial charge is 0.287 e. The summed E-state index contributed by atoms with van der Waals surface area (Å²) in [6.45, 7) is 0.551. The number of hydrogen-bond acceptors (Lipinski definition) is 4. The molecule has 1 aliphatic rings. The van der Waals surface area contributed by atoms with E-state index in [1.165, 1.54) is 12.3 Å². The van der Waals surface area contributed by atoms with Crippen LogP contribution >= 0.6 is 12.4 Å². The third-order valence-corrected chi connectivity index (χ3v) is 3.65. The second kappa shape index (κ2) is 7.25. The zero-order valence-electron chi connectivity index (χ0n) is 11.0. The first-order chi connectivity index (χ1) is 9.11. The normalized spacial score (nSPS) is 21.9. The van der Waals surface area contributed by atoms with E-state index >= 15 is 0 Å². The first kappa shape index (κ1) is 16.5. The molecule has 4 N–H and O–H groups in total. The maximum Gasteiger partial charge on any atom is 0.287 e. The summed E-state index contributed by atoms with van der Waals surface area (Å²) >= 11 is 0. The van der Waals surface area contributed by atoms with Gasteiger partial charge in [0, 0.05) is 12.1 Å². The van der Waals surface area contributed by atoms with Crippen molar-refractivity contribution in [3.05, 3.63) is 28.1 Å². The molecule has 1 saturated carbocycles. The summed E-state index contributed by atoms with van der Waals surface area (Å²) in [5, 5.41) is 13.5. The summed E-state index contributed by atoms with van der Waals surface area (Å²) in [6, 6.07) is 1.31. The Hall–Kier alpha value is -1.60. The molecular weight excluding hydrogens is 284 g/mol. The molecule has 1 heterocycles. The number of nitrogens with two attached hydrogens (primary N) is 1. The van der Waals surface area contributed by atoms with Crippen molar-refractivity contribution < 1.29 is 9.72 Å². The van der Waals surface area contributed by atoms with Crippen LogP contribution in [-0.4, -0.2) is 28.4 Å². The fourth-order valence-electron chi connectivity index (χ4n) is 2.55. The number of carbonyl (C=O) groups excluding carboxylic acids is 1. The number of aromatic nitrogens is 1. The molecule has 1 aliphatic carbocycles. The van der Waals surface area contributed by atoms with Gasteiger partial charge in [-0.2, -0.15) is 0 Å². The molecule has 0 spiro atoms. The summed E-state index contributed by atoms with van der Waals surface area (Å²) in [5.41, 5.74) is 5.81. The van der Waals surface area contributed by atoms with Crippen molar-refractivity contribution in [1.82, 2.24) is 10.3 Å². The average molecular weight is 303 g/mol. The molecule has 0 radical (unpaired) electrons. The van der Waals surface area contributed by atoms with Crippen molar-refractivity contribution in [2.45, 2.75) is 31.7 Å². The van der Waals surface area contributed by atoms with Gasteiger partial charge in [-0.05, 0) is 25.3 Å². The molecular formula is C12H19ClN4O3. The number of nitro groups is 1. The van der Waals surface area contributed by atoms with E-state index in [0.717, 1.165) is 25.7 Å². The van der Waals surface area contributed by atoms with Crippen LogP contribution in [0.25, 0.3) is 0 Å². The number of nitrogens with one attached hydrogen (secondary N) is 2. The first-order valence-electron chi connectivity index (χ1n) is 6.45. The van der Waals surface area contributed by atoms with E-state index in [-0.39, 0.29) is 35.7 Å². The fraction of sp³-hybridized carbons (Fsp3) is 0.583. The number of halogens is 1. The Balaban J connectivity index is 0.00000200. The fourth-order valence-corrected chi connectivity index (χ4v) is 2.55. The number of rotatable bonds is 4. The maximum absolute atomic E-state index is 12.0. The number of nitrogens with zero attached hydrogens (tertiary/aromatic N) is 1. The second-order valence-corrected chi connectivity index (χ2v) is 4.89. The highest BCUT2D eigenvalue weighted by Crippen LogP contribution is 2.24. The van der Waals surface area contributed by atoms with E-state index in [4.69, 9.17) is 5.73 Å². The van der Waals surface area contributed by atoms with Gasteiger partial charge in [0.15, 0.2) is 0 Å². The highest BCUT2D eigenvalue weighted by atomic mass is 35.5. The van der Waals surface area contributed by atoms with Crippen LogP contribution in [0.3, 0.4) is 0 Å². The lowest BCUT2D eigenvalue weighted by Crippen LogP contribution is -2.44. The van der Waals surface area contributed by atoms with Crippen LogP contribution in [0.5, 0.6) is 0 Å². The number of amides is 1.